The van der Waals surface area contributed by atoms with Crippen molar-refractivity contribution in [1.82, 2.24) is 9.55 Å². The van der Waals surface area contributed by atoms with Gasteiger partial charge in [0.05, 0.1) is 11.4 Å². The Balaban J connectivity index is 1.44. The van der Waals surface area contributed by atoms with Gasteiger partial charge in [-0.15, -0.1) is 0 Å². The molecule has 3 nitrogen and oxygen atoms in total. The van der Waals surface area contributed by atoms with Crippen LogP contribution in [0.15, 0.2) is 176 Å². The van der Waals surface area contributed by atoms with E-state index in [4.69, 9.17) is 4.98 Å². The lowest BCUT2D eigenvalue weighted by molar-refractivity contribution is 0.592. The summed E-state index contributed by atoms with van der Waals surface area (Å²) in [7, 11) is -3.08. The molecule has 0 aliphatic carbocycles. The molecule has 7 aromatic rings. The number of imidazole rings is 1. The molecule has 0 atom stereocenters. The third-order valence-electron chi connectivity index (χ3n) is 7.71. The molecule has 0 radical (unpaired) electrons. The van der Waals surface area contributed by atoms with Crippen LogP contribution in [0.2, 0.25) is 0 Å². The molecule has 1 aromatic heterocycles. The highest BCUT2D eigenvalue weighted by molar-refractivity contribution is 7.85. The largest absolute Gasteiger partial charge is 0.309 e. The second-order valence-corrected chi connectivity index (χ2v) is 13.1. The van der Waals surface area contributed by atoms with Crippen LogP contribution in [-0.4, -0.2) is 9.55 Å². The first-order valence-corrected chi connectivity index (χ1v) is 16.1. The standard InChI is InChI=1S/C39H29N2OP/c42-43(34-22-12-4-13-23-34,35-24-14-5-15-25-35)36-28-26-32(27-29-36)39-40-37(30-16-6-1-7-17-30)38(31-18-8-2-9-19-31)41(39)33-20-10-3-11-21-33/h1-29H. The molecule has 0 N–H and O–H groups in total. The van der Waals surface area contributed by atoms with Crippen molar-refractivity contribution in [2.75, 3.05) is 0 Å². The molecule has 6 aromatic carbocycles. The summed E-state index contributed by atoms with van der Waals surface area (Å²) in [5.41, 5.74) is 6.03. The predicted octanol–water partition coefficient (Wildman–Crippen LogP) is 8.51. The molecule has 0 fully saturated rings. The average molecular weight is 573 g/mol. The molecule has 7 rings (SSSR count). The summed E-state index contributed by atoms with van der Waals surface area (Å²) in [6.07, 6.45) is 0. The molecule has 4 heteroatoms. The van der Waals surface area contributed by atoms with E-state index < -0.39 is 7.14 Å². The van der Waals surface area contributed by atoms with Crippen molar-refractivity contribution in [2.24, 2.45) is 0 Å². The minimum absolute atomic E-state index is 0.790. The van der Waals surface area contributed by atoms with Gasteiger partial charge in [-0.1, -0.05) is 164 Å². The van der Waals surface area contributed by atoms with Crippen LogP contribution in [0.3, 0.4) is 0 Å². The fourth-order valence-corrected chi connectivity index (χ4v) is 8.29. The van der Waals surface area contributed by atoms with Gasteiger partial charge in [-0.25, -0.2) is 4.98 Å². The molecule has 0 saturated carbocycles. The minimum atomic E-state index is -3.08. The molecule has 43 heavy (non-hydrogen) atoms. The van der Waals surface area contributed by atoms with Crippen LogP contribution in [0.4, 0.5) is 0 Å². The van der Waals surface area contributed by atoms with E-state index in [0.29, 0.717) is 0 Å². The lowest BCUT2D eigenvalue weighted by atomic mass is 10.0. The van der Waals surface area contributed by atoms with E-state index in [2.05, 4.69) is 77.4 Å². The van der Waals surface area contributed by atoms with Gasteiger partial charge < -0.3 is 4.57 Å². The Morgan fingerprint density at radius 2 is 0.837 bits per heavy atom. The highest BCUT2D eigenvalue weighted by atomic mass is 31.2. The highest BCUT2D eigenvalue weighted by Gasteiger charge is 2.30. The van der Waals surface area contributed by atoms with E-state index in [1.807, 2.05) is 103 Å². The number of aromatic nitrogens is 2. The summed E-state index contributed by atoms with van der Waals surface area (Å²) in [5, 5.41) is 2.42. The molecule has 206 valence electrons. The number of rotatable bonds is 7. The van der Waals surface area contributed by atoms with Crippen molar-refractivity contribution in [1.29, 1.82) is 0 Å². The molecule has 0 unspecified atom stereocenters. The Morgan fingerprint density at radius 1 is 0.419 bits per heavy atom. The SMILES string of the molecule is O=P(c1ccccc1)(c1ccccc1)c1ccc(-c2nc(-c3ccccc3)c(-c3ccccc3)n2-c2ccccc2)cc1. The number of hydrogen-bond donors (Lipinski definition) is 0. The van der Waals surface area contributed by atoms with E-state index in [9.17, 15) is 4.57 Å². The van der Waals surface area contributed by atoms with Crippen LogP contribution in [0, 0.1) is 0 Å². The average Bonchev–Trinajstić information content (AvgIpc) is 3.51. The monoisotopic (exact) mass is 572 g/mol. The smallest absolute Gasteiger partial charge is 0.171 e. The summed E-state index contributed by atoms with van der Waals surface area (Å²) in [6.45, 7) is 0. The summed E-state index contributed by atoms with van der Waals surface area (Å²) in [4.78, 5) is 5.31. The Kier molecular flexibility index (Phi) is 7.17. The summed E-state index contributed by atoms with van der Waals surface area (Å²) >= 11 is 0. The molecule has 1 heterocycles. The van der Waals surface area contributed by atoms with E-state index in [1.54, 1.807) is 0 Å². The van der Waals surface area contributed by atoms with Crippen molar-refractivity contribution < 1.29 is 4.57 Å². The van der Waals surface area contributed by atoms with Crippen LogP contribution >= 0.6 is 7.14 Å². The van der Waals surface area contributed by atoms with Crippen LogP contribution < -0.4 is 15.9 Å². The van der Waals surface area contributed by atoms with Crippen molar-refractivity contribution >= 4 is 23.1 Å². The maximum absolute atomic E-state index is 15.0. The first-order chi connectivity index (χ1) is 21.2. The van der Waals surface area contributed by atoms with Gasteiger partial charge in [-0.3, -0.25) is 4.57 Å². The van der Waals surface area contributed by atoms with Gasteiger partial charge in [0.25, 0.3) is 0 Å². The molecule has 0 bridgehead atoms. The number of nitrogens with zero attached hydrogens (tertiary/aromatic N) is 2. The zero-order valence-corrected chi connectivity index (χ0v) is 24.4. The van der Waals surface area contributed by atoms with Gasteiger partial charge in [0, 0.05) is 38.3 Å². The Hall–Kier alpha value is -5.24. The third kappa shape index (κ3) is 4.95. The Bertz CT molecular complexity index is 1960. The topological polar surface area (TPSA) is 34.9 Å². The molecule has 0 aliphatic heterocycles. The van der Waals surface area contributed by atoms with E-state index in [0.717, 1.165) is 55.5 Å². The number of para-hydroxylation sites is 1. The zero-order valence-electron chi connectivity index (χ0n) is 23.5. The summed E-state index contributed by atoms with van der Waals surface area (Å²) in [6, 6.07) is 58.8. The molecular formula is C39H29N2OP. The number of benzene rings is 6. The van der Waals surface area contributed by atoms with Gasteiger partial charge in [-0.2, -0.15) is 0 Å². The van der Waals surface area contributed by atoms with Gasteiger partial charge >= 0.3 is 0 Å². The number of hydrogen-bond acceptors (Lipinski definition) is 2. The summed E-state index contributed by atoms with van der Waals surface area (Å²) < 4.78 is 17.2. The minimum Gasteiger partial charge on any atom is -0.309 e. The lowest BCUT2D eigenvalue weighted by Crippen LogP contribution is -2.24. The van der Waals surface area contributed by atoms with Gasteiger partial charge in [-0.05, 0) is 12.1 Å². The second-order valence-electron chi connectivity index (χ2n) is 10.4. The van der Waals surface area contributed by atoms with Gasteiger partial charge in [0.2, 0.25) is 0 Å². The van der Waals surface area contributed by atoms with Crippen molar-refractivity contribution in [3.8, 4) is 39.6 Å². The van der Waals surface area contributed by atoms with Gasteiger partial charge in [0.1, 0.15) is 5.82 Å². The fraction of sp³-hybridized carbons (Fsp3) is 0. The third-order valence-corrected chi connectivity index (χ3v) is 10.8. The van der Waals surface area contributed by atoms with Gasteiger partial charge in [0.15, 0.2) is 7.14 Å². The van der Waals surface area contributed by atoms with E-state index in [-0.39, 0.29) is 0 Å². The zero-order chi connectivity index (χ0) is 29.1. The van der Waals surface area contributed by atoms with E-state index in [1.165, 1.54) is 0 Å². The normalized spacial score (nSPS) is 11.3. The lowest BCUT2D eigenvalue weighted by Gasteiger charge is -2.20. The Labute approximate surface area is 252 Å². The van der Waals surface area contributed by atoms with Crippen molar-refractivity contribution in [2.45, 2.75) is 0 Å². The van der Waals surface area contributed by atoms with Crippen LogP contribution in [0.25, 0.3) is 39.6 Å². The second kappa shape index (κ2) is 11.6. The summed E-state index contributed by atoms with van der Waals surface area (Å²) in [5.74, 6) is 0.824. The molecule has 0 aliphatic rings. The molecule has 0 spiro atoms. The quantitative estimate of drug-likeness (QED) is 0.180. The molecule has 0 amide bonds. The first-order valence-electron chi connectivity index (χ1n) is 14.3. The van der Waals surface area contributed by atoms with Crippen LogP contribution in [0.5, 0.6) is 0 Å². The van der Waals surface area contributed by atoms with E-state index >= 15 is 0 Å². The predicted molar refractivity (Wildman–Crippen MR) is 179 cm³/mol. The molecule has 0 saturated heterocycles. The first kappa shape index (κ1) is 26.6. The molecular weight excluding hydrogens is 543 g/mol. The fourth-order valence-electron chi connectivity index (χ4n) is 5.65. The van der Waals surface area contributed by atoms with Crippen molar-refractivity contribution in [3.63, 3.8) is 0 Å². The highest BCUT2D eigenvalue weighted by Crippen LogP contribution is 2.43. The maximum Gasteiger partial charge on any atom is 0.171 e. The maximum atomic E-state index is 15.0. The van der Waals surface area contributed by atoms with Crippen molar-refractivity contribution in [3.05, 3.63) is 176 Å². The van der Waals surface area contributed by atoms with Crippen LogP contribution in [0.1, 0.15) is 0 Å². The Morgan fingerprint density at radius 3 is 1.35 bits per heavy atom. The van der Waals surface area contributed by atoms with Crippen LogP contribution in [-0.2, 0) is 4.57 Å².